The van der Waals surface area contributed by atoms with E-state index in [2.05, 4.69) is 6.58 Å². The van der Waals surface area contributed by atoms with Crippen molar-refractivity contribution in [1.82, 2.24) is 4.90 Å². The Morgan fingerprint density at radius 1 is 1.21 bits per heavy atom. The Balaban J connectivity index is 1.77. The first kappa shape index (κ1) is 20.4. The molecule has 7 heteroatoms. The molecule has 0 atom stereocenters. The molecule has 1 saturated heterocycles. The van der Waals surface area contributed by atoms with Crippen molar-refractivity contribution in [2.75, 3.05) is 7.05 Å². The van der Waals surface area contributed by atoms with Gasteiger partial charge in [-0.05, 0) is 65.2 Å². The SMILES string of the molecule is C=CCc1cc(/C=C2\SC(=O)N(C)C2=O)ccc1OCc1ccc(C(=O)O)cc1. The standard InChI is InChI=1S/C22H19NO5S/c1-3-4-17-11-15(12-19-20(24)23(2)22(27)29-19)7-10-18(17)28-13-14-5-8-16(9-6-14)21(25)26/h3,5-12H,1,4,13H2,2H3,(H,25,26)/b19-12-. The molecule has 1 aliphatic heterocycles. The van der Waals surface area contributed by atoms with Crippen LogP contribution in [0.4, 0.5) is 4.79 Å². The Morgan fingerprint density at radius 3 is 2.52 bits per heavy atom. The van der Waals surface area contributed by atoms with E-state index >= 15 is 0 Å². The fourth-order valence-corrected chi connectivity index (χ4v) is 3.57. The summed E-state index contributed by atoms with van der Waals surface area (Å²) in [5, 5.41) is 8.67. The van der Waals surface area contributed by atoms with Crippen LogP contribution in [0.15, 0.2) is 60.0 Å². The van der Waals surface area contributed by atoms with E-state index in [-0.39, 0.29) is 23.3 Å². The van der Waals surface area contributed by atoms with Crippen LogP contribution in [0.25, 0.3) is 6.08 Å². The molecule has 6 nitrogen and oxygen atoms in total. The lowest BCUT2D eigenvalue weighted by atomic mass is 10.1. The lowest BCUT2D eigenvalue weighted by Crippen LogP contribution is -2.22. The summed E-state index contributed by atoms with van der Waals surface area (Å²) in [6, 6.07) is 12.0. The molecule has 29 heavy (non-hydrogen) atoms. The second-order valence-corrected chi connectivity index (χ2v) is 7.38. The molecule has 0 unspecified atom stereocenters. The summed E-state index contributed by atoms with van der Waals surface area (Å²) in [5.74, 6) is -0.606. The molecular formula is C22H19NO5S. The van der Waals surface area contributed by atoms with E-state index in [9.17, 15) is 14.4 Å². The molecular weight excluding hydrogens is 390 g/mol. The van der Waals surface area contributed by atoms with Gasteiger partial charge in [0.25, 0.3) is 11.1 Å². The van der Waals surface area contributed by atoms with Crippen molar-refractivity contribution in [3.05, 3.63) is 82.3 Å². The highest BCUT2D eigenvalue weighted by molar-refractivity contribution is 8.18. The van der Waals surface area contributed by atoms with Gasteiger partial charge in [-0.1, -0.05) is 24.3 Å². The molecule has 3 rings (SSSR count). The van der Waals surface area contributed by atoms with Crippen LogP contribution in [0.5, 0.6) is 5.75 Å². The number of amides is 2. The number of ether oxygens (including phenoxy) is 1. The van der Waals surface area contributed by atoms with E-state index in [1.165, 1.54) is 19.2 Å². The van der Waals surface area contributed by atoms with Crippen LogP contribution in [-0.2, 0) is 17.8 Å². The largest absolute Gasteiger partial charge is 0.489 e. The molecule has 0 aromatic heterocycles. The van der Waals surface area contributed by atoms with Crippen LogP contribution in [0.2, 0.25) is 0 Å². The highest BCUT2D eigenvalue weighted by atomic mass is 32.2. The number of imide groups is 1. The second kappa shape index (κ2) is 8.79. The van der Waals surface area contributed by atoms with Gasteiger partial charge < -0.3 is 9.84 Å². The van der Waals surface area contributed by atoms with Crippen LogP contribution >= 0.6 is 11.8 Å². The Morgan fingerprint density at radius 2 is 1.93 bits per heavy atom. The quantitative estimate of drug-likeness (QED) is 0.540. The lowest BCUT2D eigenvalue weighted by molar-refractivity contribution is -0.121. The van der Waals surface area contributed by atoms with Gasteiger partial charge in [0.2, 0.25) is 0 Å². The Kier molecular flexibility index (Phi) is 6.19. The van der Waals surface area contributed by atoms with Crippen molar-refractivity contribution in [3.63, 3.8) is 0 Å². The van der Waals surface area contributed by atoms with Gasteiger partial charge in [0.05, 0.1) is 10.5 Å². The Hall–Kier alpha value is -3.32. The summed E-state index contributed by atoms with van der Waals surface area (Å²) in [4.78, 5) is 36.1. The predicted molar refractivity (Wildman–Crippen MR) is 112 cm³/mol. The summed E-state index contributed by atoms with van der Waals surface area (Å²) in [5.41, 5.74) is 2.76. The first-order valence-corrected chi connectivity index (χ1v) is 9.61. The summed E-state index contributed by atoms with van der Waals surface area (Å²) in [6.45, 7) is 4.06. The molecule has 1 N–H and O–H groups in total. The van der Waals surface area contributed by atoms with Crippen LogP contribution in [0.3, 0.4) is 0 Å². The van der Waals surface area contributed by atoms with Gasteiger partial charge in [0.15, 0.2) is 0 Å². The molecule has 2 amide bonds. The van der Waals surface area contributed by atoms with Crippen LogP contribution < -0.4 is 4.74 Å². The fourth-order valence-electron chi connectivity index (χ4n) is 2.75. The van der Waals surface area contributed by atoms with Gasteiger partial charge in [-0.3, -0.25) is 14.5 Å². The predicted octanol–water partition coefficient (Wildman–Crippen LogP) is 4.36. The van der Waals surface area contributed by atoms with E-state index in [0.717, 1.165) is 33.4 Å². The Bertz CT molecular complexity index is 1010. The second-order valence-electron chi connectivity index (χ2n) is 6.39. The molecule has 0 bridgehead atoms. The van der Waals surface area contributed by atoms with Crippen LogP contribution in [0, 0.1) is 0 Å². The van der Waals surface area contributed by atoms with Crippen molar-refractivity contribution in [3.8, 4) is 5.75 Å². The normalized spacial score (nSPS) is 15.1. The summed E-state index contributed by atoms with van der Waals surface area (Å²) >= 11 is 0.916. The maximum Gasteiger partial charge on any atom is 0.335 e. The molecule has 148 valence electrons. The molecule has 2 aromatic carbocycles. The van der Waals surface area contributed by atoms with Crippen LogP contribution in [0.1, 0.15) is 27.0 Å². The molecule has 0 saturated carbocycles. The van der Waals surface area contributed by atoms with Crippen molar-refractivity contribution in [1.29, 1.82) is 0 Å². The van der Waals surface area contributed by atoms with Crippen molar-refractivity contribution in [2.24, 2.45) is 0 Å². The van der Waals surface area contributed by atoms with Gasteiger partial charge in [0, 0.05) is 7.05 Å². The van der Waals surface area contributed by atoms with E-state index in [0.29, 0.717) is 17.1 Å². The third-order valence-electron chi connectivity index (χ3n) is 4.33. The third-order valence-corrected chi connectivity index (χ3v) is 5.29. The zero-order chi connectivity index (χ0) is 21.0. The molecule has 0 radical (unpaired) electrons. The van der Waals surface area contributed by atoms with E-state index in [1.54, 1.807) is 24.3 Å². The van der Waals surface area contributed by atoms with Crippen molar-refractivity contribution < 1.29 is 24.2 Å². The number of rotatable bonds is 7. The number of carboxylic acid groups (broad SMARTS) is 1. The van der Waals surface area contributed by atoms with E-state index in [1.807, 2.05) is 18.2 Å². The van der Waals surface area contributed by atoms with E-state index < -0.39 is 5.97 Å². The number of benzene rings is 2. The zero-order valence-electron chi connectivity index (χ0n) is 15.8. The number of hydrogen-bond donors (Lipinski definition) is 1. The number of hydrogen-bond acceptors (Lipinski definition) is 5. The highest BCUT2D eigenvalue weighted by Crippen LogP contribution is 2.32. The average molecular weight is 409 g/mol. The third kappa shape index (κ3) is 4.75. The number of likely N-dealkylation sites (N-methyl/N-ethyl adjacent to an activating group) is 1. The number of carbonyl (C=O) groups is 3. The van der Waals surface area contributed by atoms with Crippen LogP contribution in [-0.4, -0.2) is 34.2 Å². The average Bonchev–Trinajstić information content (AvgIpc) is 2.94. The minimum atomic E-state index is -0.970. The van der Waals surface area contributed by atoms with Gasteiger partial charge in [-0.15, -0.1) is 6.58 Å². The van der Waals surface area contributed by atoms with Gasteiger partial charge in [-0.25, -0.2) is 4.79 Å². The molecule has 1 aliphatic rings. The van der Waals surface area contributed by atoms with Gasteiger partial charge in [-0.2, -0.15) is 0 Å². The number of allylic oxidation sites excluding steroid dienone is 1. The minimum absolute atomic E-state index is 0.224. The number of carboxylic acids is 1. The molecule has 2 aromatic rings. The zero-order valence-corrected chi connectivity index (χ0v) is 16.6. The Labute approximate surface area is 172 Å². The van der Waals surface area contributed by atoms with Crippen molar-refractivity contribution >= 4 is 35.0 Å². The minimum Gasteiger partial charge on any atom is -0.489 e. The molecule has 1 heterocycles. The maximum atomic E-state index is 12.1. The number of thioether (sulfide) groups is 1. The monoisotopic (exact) mass is 409 g/mol. The van der Waals surface area contributed by atoms with Gasteiger partial charge in [0.1, 0.15) is 12.4 Å². The lowest BCUT2D eigenvalue weighted by Gasteiger charge is -2.12. The number of carbonyl (C=O) groups excluding carboxylic acids is 2. The first-order valence-electron chi connectivity index (χ1n) is 8.79. The molecule has 0 spiro atoms. The number of aromatic carboxylic acids is 1. The number of nitrogens with zero attached hydrogens (tertiary/aromatic N) is 1. The first-order chi connectivity index (χ1) is 13.9. The smallest absolute Gasteiger partial charge is 0.335 e. The molecule has 0 aliphatic carbocycles. The summed E-state index contributed by atoms with van der Waals surface area (Å²) in [7, 11) is 1.46. The fraction of sp³-hybridized carbons (Fsp3) is 0.136. The molecule has 1 fully saturated rings. The van der Waals surface area contributed by atoms with E-state index in [4.69, 9.17) is 9.84 Å². The van der Waals surface area contributed by atoms with Crippen molar-refractivity contribution in [2.45, 2.75) is 13.0 Å². The maximum absolute atomic E-state index is 12.1. The van der Waals surface area contributed by atoms with Gasteiger partial charge >= 0.3 is 5.97 Å². The summed E-state index contributed by atoms with van der Waals surface area (Å²) in [6.07, 6.45) is 4.02. The highest BCUT2D eigenvalue weighted by Gasteiger charge is 2.31. The topological polar surface area (TPSA) is 83.9 Å². The summed E-state index contributed by atoms with van der Waals surface area (Å²) < 4.78 is 5.91.